The number of aryl methyl sites for hydroxylation is 1. The highest BCUT2D eigenvalue weighted by Gasteiger charge is 2.50. The van der Waals surface area contributed by atoms with Gasteiger partial charge in [0.25, 0.3) is 0 Å². The summed E-state index contributed by atoms with van der Waals surface area (Å²) in [5.41, 5.74) is 2.17. The Labute approximate surface area is 227 Å². The van der Waals surface area contributed by atoms with Crippen LogP contribution in [-0.4, -0.2) is 59.7 Å². The van der Waals surface area contributed by atoms with Crippen molar-refractivity contribution in [3.05, 3.63) is 65.9 Å². The van der Waals surface area contributed by atoms with Crippen LogP contribution >= 0.6 is 0 Å². The van der Waals surface area contributed by atoms with Crippen molar-refractivity contribution in [2.45, 2.75) is 56.8 Å². The number of sulfonamides is 1. The molecule has 1 fully saturated rings. The van der Waals surface area contributed by atoms with E-state index < -0.39 is 33.2 Å². The Kier molecular flexibility index (Phi) is 7.82. The molecule has 208 valence electrons. The van der Waals surface area contributed by atoms with Crippen molar-refractivity contribution in [3.8, 4) is 5.75 Å². The van der Waals surface area contributed by atoms with E-state index in [-0.39, 0.29) is 31.0 Å². The van der Waals surface area contributed by atoms with Gasteiger partial charge < -0.3 is 14.4 Å². The summed E-state index contributed by atoms with van der Waals surface area (Å²) in [6.45, 7) is 7.13. The van der Waals surface area contributed by atoms with Gasteiger partial charge in [0.15, 0.2) is 0 Å². The second-order valence-corrected chi connectivity index (χ2v) is 12.3. The van der Waals surface area contributed by atoms with Crippen LogP contribution in [-0.2, 0) is 26.2 Å². The predicted octanol–water partition coefficient (Wildman–Crippen LogP) is 3.29. The first-order valence-corrected chi connectivity index (χ1v) is 13.8. The number of benzene rings is 2. The number of nitrogens with one attached hydrogen (secondary N) is 2. The number of hydroxylamine groups is 1. The maximum Gasteiger partial charge on any atom is 0.410 e. The van der Waals surface area contributed by atoms with Crippen molar-refractivity contribution in [1.29, 1.82) is 0 Å². The first-order valence-electron chi connectivity index (χ1n) is 12.3. The van der Waals surface area contributed by atoms with Crippen LogP contribution in [0.2, 0.25) is 0 Å². The maximum atomic E-state index is 13.2. The third kappa shape index (κ3) is 6.83. The van der Waals surface area contributed by atoms with Crippen LogP contribution in [0.3, 0.4) is 0 Å². The zero-order chi connectivity index (χ0) is 28.4. The number of ether oxygens (including phenoxy) is 2. The number of rotatable bonds is 8. The van der Waals surface area contributed by atoms with Crippen LogP contribution in [0.1, 0.15) is 38.4 Å². The van der Waals surface area contributed by atoms with Crippen LogP contribution in [0.25, 0.3) is 10.9 Å². The number of nitrogens with zero attached hydrogens (tertiary/aromatic N) is 2. The highest BCUT2D eigenvalue weighted by Crippen LogP contribution is 2.29. The van der Waals surface area contributed by atoms with Crippen molar-refractivity contribution in [2.24, 2.45) is 0 Å². The lowest BCUT2D eigenvalue weighted by Gasteiger charge is -2.49. The lowest BCUT2D eigenvalue weighted by Crippen LogP contribution is -2.72. The van der Waals surface area contributed by atoms with Gasteiger partial charge in [0.2, 0.25) is 15.9 Å². The molecule has 1 aliphatic rings. The quantitative estimate of drug-likeness (QED) is 0.283. The fraction of sp³-hybridized carbons (Fsp3) is 0.370. The maximum absolute atomic E-state index is 13.2. The number of hydrogen-bond donors (Lipinski definition) is 3. The lowest BCUT2D eigenvalue weighted by molar-refractivity contribution is -0.132. The van der Waals surface area contributed by atoms with Gasteiger partial charge in [0, 0.05) is 29.7 Å². The Morgan fingerprint density at radius 1 is 1.10 bits per heavy atom. The molecule has 11 nitrogen and oxygen atoms in total. The molecule has 0 bridgehead atoms. The molecule has 2 aromatic carbocycles. The van der Waals surface area contributed by atoms with E-state index in [1.165, 1.54) is 22.5 Å². The van der Waals surface area contributed by atoms with E-state index >= 15 is 0 Å². The summed E-state index contributed by atoms with van der Waals surface area (Å²) >= 11 is 0. The van der Waals surface area contributed by atoms with Gasteiger partial charge >= 0.3 is 6.09 Å². The largest absolute Gasteiger partial charge is 0.489 e. The molecule has 0 atom stereocenters. The molecule has 0 spiro atoms. The highest BCUT2D eigenvalue weighted by atomic mass is 32.2. The minimum atomic E-state index is -4.09. The lowest BCUT2D eigenvalue weighted by atomic mass is 9.87. The number of para-hydroxylation sites is 1. The molecule has 0 saturated carbocycles. The van der Waals surface area contributed by atoms with Gasteiger partial charge in [-0.1, -0.05) is 18.2 Å². The van der Waals surface area contributed by atoms with Crippen molar-refractivity contribution in [2.75, 3.05) is 13.1 Å². The summed E-state index contributed by atoms with van der Waals surface area (Å²) in [4.78, 5) is 30.1. The first kappa shape index (κ1) is 28.3. The first-order chi connectivity index (χ1) is 18.3. The minimum absolute atomic E-state index is 0.0421. The second-order valence-electron chi connectivity index (χ2n) is 10.6. The monoisotopic (exact) mass is 556 g/mol. The van der Waals surface area contributed by atoms with Gasteiger partial charge in [-0.3, -0.25) is 15.0 Å². The van der Waals surface area contributed by atoms with Crippen molar-refractivity contribution >= 4 is 32.9 Å². The van der Waals surface area contributed by atoms with E-state index in [0.717, 1.165) is 22.2 Å². The molecule has 1 aliphatic heterocycles. The number of hydrogen-bond acceptors (Lipinski definition) is 8. The normalized spacial score (nSPS) is 14.9. The van der Waals surface area contributed by atoms with Crippen LogP contribution in [0, 0.1) is 6.92 Å². The number of aromatic nitrogens is 1. The van der Waals surface area contributed by atoms with Crippen LogP contribution in [0.15, 0.2) is 59.5 Å². The highest BCUT2D eigenvalue weighted by molar-refractivity contribution is 7.89. The number of pyridine rings is 1. The number of likely N-dealkylation sites (tertiary alicyclic amines) is 1. The predicted molar refractivity (Wildman–Crippen MR) is 143 cm³/mol. The van der Waals surface area contributed by atoms with Gasteiger partial charge in [-0.25, -0.2) is 23.4 Å². The van der Waals surface area contributed by atoms with Gasteiger partial charge in [0.05, 0.1) is 22.4 Å². The Hall–Kier alpha value is -3.74. The third-order valence-electron chi connectivity index (χ3n) is 6.07. The molecule has 39 heavy (non-hydrogen) atoms. The fourth-order valence-corrected chi connectivity index (χ4v) is 5.82. The van der Waals surface area contributed by atoms with Gasteiger partial charge in [-0.15, -0.1) is 0 Å². The SMILES string of the molecule is Cc1cc(COc2ccc(S(=O)(=O)NC3(CC(=O)NO)CN(C(=O)OC(C)(C)C)C3)cc2)c2ccccc2n1. The van der Waals surface area contributed by atoms with Crippen LogP contribution < -0.4 is 14.9 Å². The average molecular weight is 557 g/mol. The zero-order valence-electron chi connectivity index (χ0n) is 22.2. The molecular formula is C27H32N4O7S. The average Bonchev–Trinajstić information content (AvgIpc) is 2.84. The Morgan fingerprint density at radius 2 is 1.77 bits per heavy atom. The van der Waals surface area contributed by atoms with Crippen molar-refractivity contribution in [3.63, 3.8) is 0 Å². The van der Waals surface area contributed by atoms with E-state index in [1.807, 2.05) is 37.3 Å². The number of fused-ring (bicyclic) bond motifs is 1. The molecule has 1 aromatic heterocycles. The number of carbonyl (C=O) groups is 2. The Balaban J connectivity index is 1.45. The molecule has 3 N–H and O–H groups in total. The molecule has 1 saturated heterocycles. The Morgan fingerprint density at radius 3 is 2.41 bits per heavy atom. The fourth-order valence-electron chi connectivity index (χ4n) is 4.43. The molecule has 0 unspecified atom stereocenters. The van der Waals surface area contributed by atoms with Gasteiger partial charge in [-0.05, 0) is 64.1 Å². The molecule has 12 heteroatoms. The van der Waals surface area contributed by atoms with Crippen LogP contribution in [0.4, 0.5) is 4.79 Å². The van der Waals surface area contributed by atoms with Crippen LogP contribution in [0.5, 0.6) is 5.75 Å². The zero-order valence-corrected chi connectivity index (χ0v) is 23.0. The molecule has 0 radical (unpaired) electrons. The smallest absolute Gasteiger partial charge is 0.410 e. The standard InChI is InChI=1S/C27H32N4O7S/c1-18-13-19(22-7-5-6-8-23(22)28-18)15-37-20-9-11-21(12-10-20)39(35,36)30-27(14-24(32)29-34)16-31(17-27)25(33)38-26(2,3)4/h5-13,30,34H,14-17H2,1-4H3,(H,29,32). The van der Waals surface area contributed by atoms with E-state index in [2.05, 4.69) is 9.71 Å². The number of carbonyl (C=O) groups excluding carboxylic acids is 2. The summed E-state index contributed by atoms with van der Waals surface area (Å²) in [6.07, 6.45) is -0.997. The summed E-state index contributed by atoms with van der Waals surface area (Å²) in [7, 11) is -4.09. The van der Waals surface area contributed by atoms with Crippen molar-refractivity contribution in [1.82, 2.24) is 20.1 Å². The summed E-state index contributed by atoms with van der Waals surface area (Å²) in [5, 5.41) is 9.98. The molecular weight excluding hydrogens is 524 g/mol. The minimum Gasteiger partial charge on any atom is -0.489 e. The molecule has 2 amide bonds. The summed E-state index contributed by atoms with van der Waals surface area (Å²) < 4.78 is 40.2. The van der Waals surface area contributed by atoms with E-state index in [4.69, 9.17) is 14.7 Å². The van der Waals surface area contributed by atoms with Gasteiger partial charge in [0.1, 0.15) is 18.0 Å². The molecule has 0 aliphatic carbocycles. The summed E-state index contributed by atoms with van der Waals surface area (Å²) in [5.74, 6) is -0.314. The molecule has 3 aromatic rings. The summed E-state index contributed by atoms with van der Waals surface area (Å²) in [6, 6.07) is 15.6. The topological polar surface area (TPSA) is 147 Å². The Bertz CT molecular complexity index is 1480. The third-order valence-corrected chi connectivity index (χ3v) is 7.67. The second kappa shape index (κ2) is 10.8. The van der Waals surface area contributed by atoms with Gasteiger partial charge in [-0.2, -0.15) is 0 Å². The van der Waals surface area contributed by atoms with E-state index in [1.54, 1.807) is 32.9 Å². The van der Waals surface area contributed by atoms with E-state index in [9.17, 15) is 18.0 Å². The van der Waals surface area contributed by atoms with E-state index in [0.29, 0.717) is 5.75 Å². The molecule has 4 rings (SSSR count). The van der Waals surface area contributed by atoms with Crippen molar-refractivity contribution < 1.29 is 32.7 Å². The number of amides is 2. The molecule has 2 heterocycles.